The Balaban J connectivity index is 0.00000280. The van der Waals surface area contributed by atoms with Gasteiger partial charge in [0.1, 0.15) is 5.75 Å². The highest BCUT2D eigenvalue weighted by molar-refractivity contribution is 7.92. The van der Waals surface area contributed by atoms with Gasteiger partial charge in [0.2, 0.25) is 0 Å². The Labute approximate surface area is 171 Å². The smallest absolute Gasteiger partial charge is 0.261 e. The third-order valence-corrected chi connectivity index (χ3v) is 5.64. The standard InChI is InChI=1S/C19H23N3O4S.ClH/c1-2-26-17-7-9-18(10-8-17)27(24,25)22-15-5-3-14(4-6-15)19(23)21-16-11-12-20-13-16;/h3-10,16,20,22H,2,11-13H2,1H3,(H,21,23);1H. The highest BCUT2D eigenvalue weighted by Crippen LogP contribution is 2.20. The van der Waals surface area contributed by atoms with Crippen molar-refractivity contribution in [3.05, 3.63) is 54.1 Å². The Morgan fingerprint density at radius 3 is 2.39 bits per heavy atom. The van der Waals surface area contributed by atoms with E-state index in [4.69, 9.17) is 4.74 Å². The van der Waals surface area contributed by atoms with Crippen LogP contribution in [-0.2, 0) is 10.0 Å². The molecule has 1 aliphatic heterocycles. The number of benzene rings is 2. The molecular weight excluding hydrogens is 402 g/mol. The van der Waals surface area contributed by atoms with E-state index in [0.717, 1.165) is 19.5 Å². The zero-order valence-corrected chi connectivity index (χ0v) is 17.1. The van der Waals surface area contributed by atoms with Gasteiger partial charge in [-0.05, 0) is 68.4 Å². The van der Waals surface area contributed by atoms with Crippen LogP contribution in [0.2, 0.25) is 0 Å². The van der Waals surface area contributed by atoms with E-state index in [1.165, 1.54) is 12.1 Å². The molecule has 152 valence electrons. The fourth-order valence-corrected chi connectivity index (χ4v) is 3.89. The van der Waals surface area contributed by atoms with Crippen LogP contribution in [0.25, 0.3) is 0 Å². The first-order chi connectivity index (χ1) is 13.0. The first-order valence-corrected chi connectivity index (χ1v) is 10.3. The van der Waals surface area contributed by atoms with Gasteiger partial charge in [-0.1, -0.05) is 0 Å². The Bertz CT molecular complexity index is 880. The van der Waals surface area contributed by atoms with Gasteiger partial charge in [0.25, 0.3) is 15.9 Å². The van der Waals surface area contributed by atoms with E-state index in [2.05, 4.69) is 15.4 Å². The maximum Gasteiger partial charge on any atom is 0.261 e. The minimum atomic E-state index is -3.71. The summed E-state index contributed by atoms with van der Waals surface area (Å²) in [4.78, 5) is 12.4. The van der Waals surface area contributed by atoms with Gasteiger partial charge in [0, 0.05) is 23.8 Å². The first-order valence-electron chi connectivity index (χ1n) is 8.85. The molecule has 28 heavy (non-hydrogen) atoms. The molecule has 1 amide bonds. The van der Waals surface area contributed by atoms with Gasteiger partial charge in [-0.3, -0.25) is 9.52 Å². The summed E-state index contributed by atoms with van der Waals surface area (Å²) in [6, 6.07) is 12.7. The molecular formula is C19H24ClN3O4S. The van der Waals surface area contributed by atoms with Crippen LogP contribution in [0.3, 0.4) is 0 Å². The van der Waals surface area contributed by atoms with E-state index in [9.17, 15) is 13.2 Å². The predicted molar refractivity (Wildman–Crippen MR) is 111 cm³/mol. The number of hydrogen-bond donors (Lipinski definition) is 3. The number of carbonyl (C=O) groups is 1. The maximum atomic E-state index is 12.5. The predicted octanol–water partition coefficient (Wildman–Crippen LogP) is 2.40. The number of hydrogen-bond acceptors (Lipinski definition) is 5. The van der Waals surface area contributed by atoms with Crippen molar-refractivity contribution in [3.8, 4) is 5.75 Å². The van der Waals surface area contributed by atoms with Gasteiger partial charge in [-0.15, -0.1) is 12.4 Å². The fourth-order valence-electron chi connectivity index (χ4n) is 2.83. The van der Waals surface area contributed by atoms with Crippen molar-refractivity contribution < 1.29 is 17.9 Å². The second kappa shape index (κ2) is 9.77. The van der Waals surface area contributed by atoms with E-state index in [-0.39, 0.29) is 29.3 Å². The molecule has 1 saturated heterocycles. The van der Waals surface area contributed by atoms with Crippen molar-refractivity contribution in [2.24, 2.45) is 0 Å². The summed E-state index contributed by atoms with van der Waals surface area (Å²) in [6.07, 6.45) is 0.908. The van der Waals surface area contributed by atoms with Crippen LogP contribution in [0.1, 0.15) is 23.7 Å². The van der Waals surface area contributed by atoms with Crippen LogP contribution in [-0.4, -0.2) is 40.1 Å². The Morgan fingerprint density at radius 1 is 1.14 bits per heavy atom. The molecule has 3 N–H and O–H groups in total. The molecule has 2 aromatic carbocycles. The van der Waals surface area contributed by atoms with Gasteiger partial charge in [0.15, 0.2) is 0 Å². The molecule has 0 aromatic heterocycles. The molecule has 3 rings (SSSR count). The third-order valence-electron chi connectivity index (χ3n) is 4.24. The number of ether oxygens (including phenoxy) is 1. The first kappa shape index (κ1) is 22.0. The molecule has 0 radical (unpaired) electrons. The second-order valence-electron chi connectivity index (χ2n) is 6.25. The average Bonchev–Trinajstić information content (AvgIpc) is 3.16. The molecule has 1 heterocycles. The van der Waals surface area contributed by atoms with Crippen LogP contribution in [0.4, 0.5) is 5.69 Å². The van der Waals surface area contributed by atoms with Crippen LogP contribution in [0.15, 0.2) is 53.4 Å². The van der Waals surface area contributed by atoms with Crippen LogP contribution in [0, 0.1) is 0 Å². The Kier molecular flexibility index (Phi) is 7.68. The van der Waals surface area contributed by atoms with E-state index >= 15 is 0 Å². The lowest BCUT2D eigenvalue weighted by Gasteiger charge is -2.12. The van der Waals surface area contributed by atoms with Gasteiger partial charge in [-0.25, -0.2) is 8.42 Å². The lowest BCUT2D eigenvalue weighted by molar-refractivity contribution is 0.0940. The van der Waals surface area contributed by atoms with E-state index in [0.29, 0.717) is 23.6 Å². The molecule has 0 bridgehead atoms. The number of nitrogens with one attached hydrogen (secondary N) is 3. The molecule has 1 fully saturated rings. The number of anilines is 1. The topological polar surface area (TPSA) is 96.5 Å². The Morgan fingerprint density at radius 2 is 1.82 bits per heavy atom. The number of sulfonamides is 1. The number of rotatable bonds is 7. The zero-order chi connectivity index (χ0) is 19.3. The second-order valence-corrected chi connectivity index (χ2v) is 7.93. The number of halogens is 1. The van der Waals surface area contributed by atoms with Crippen molar-refractivity contribution in [2.45, 2.75) is 24.3 Å². The van der Waals surface area contributed by atoms with Gasteiger partial charge in [-0.2, -0.15) is 0 Å². The molecule has 0 saturated carbocycles. The van der Waals surface area contributed by atoms with Crippen LogP contribution in [0.5, 0.6) is 5.75 Å². The third kappa shape index (κ3) is 5.60. The van der Waals surface area contributed by atoms with Crippen molar-refractivity contribution >= 4 is 34.0 Å². The molecule has 1 atom stereocenters. The van der Waals surface area contributed by atoms with E-state index in [1.807, 2.05) is 6.92 Å². The van der Waals surface area contributed by atoms with Gasteiger partial charge < -0.3 is 15.4 Å². The highest BCUT2D eigenvalue weighted by atomic mass is 35.5. The molecule has 7 nitrogen and oxygen atoms in total. The Hall–Kier alpha value is -2.29. The molecule has 0 aliphatic carbocycles. The van der Waals surface area contributed by atoms with Gasteiger partial charge in [0.05, 0.1) is 11.5 Å². The normalized spacial score (nSPS) is 16.1. The molecule has 9 heteroatoms. The minimum Gasteiger partial charge on any atom is -0.494 e. The SMILES string of the molecule is CCOc1ccc(S(=O)(=O)Nc2ccc(C(=O)NC3CCNC3)cc2)cc1.Cl. The van der Waals surface area contributed by atoms with E-state index in [1.54, 1.807) is 36.4 Å². The van der Waals surface area contributed by atoms with Crippen LogP contribution >= 0.6 is 12.4 Å². The van der Waals surface area contributed by atoms with Gasteiger partial charge >= 0.3 is 0 Å². The van der Waals surface area contributed by atoms with Crippen molar-refractivity contribution in [2.75, 3.05) is 24.4 Å². The summed E-state index contributed by atoms with van der Waals surface area (Å²) >= 11 is 0. The summed E-state index contributed by atoms with van der Waals surface area (Å²) in [5.41, 5.74) is 0.883. The minimum absolute atomic E-state index is 0. The monoisotopic (exact) mass is 425 g/mol. The summed E-state index contributed by atoms with van der Waals surface area (Å²) in [6.45, 7) is 4.05. The summed E-state index contributed by atoms with van der Waals surface area (Å²) in [7, 11) is -3.71. The lowest BCUT2D eigenvalue weighted by atomic mass is 10.1. The molecule has 1 unspecified atom stereocenters. The maximum absolute atomic E-state index is 12.5. The van der Waals surface area contributed by atoms with Crippen molar-refractivity contribution in [1.29, 1.82) is 0 Å². The lowest BCUT2D eigenvalue weighted by Crippen LogP contribution is -2.36. The largest absolute Gasteiger partial charge is 0.494 e. The molecule has 2 aromatic rings. The number of amides is 1. The van der Waals surface area contributed by atoms with Crippen LogP contribution < -0.4 is 20.1 Å². The number of carbonyl (C=O) groups excluding carboxylic acids is 1. The zero-order valence-electron chi connectivity index (χ0n) is 15.5. The summed E-state index contributed by atoms with van der Waals surface area (Å²) in [5.74, 6) is 0.453. The quantitative estimate of drug-likeness (QED) is 0.633. The summed E-state index contributed by atoms with van der Waals surface area (Å²) < 4.78 is 32.8. The average molecular weight is 426 g/mol. The highest BCUT2D eigenvalue weighted by Gasteiger charge is 2.18. The molecule has 0 spiro atoms. The molecule has 1 aliphatic rings. The summed E-state index contributed by atoms with van der Waals surface area (Å²) in [5, 5.41) is 6.14. The van der Waals surface area contributed by atoms with Crippen molar-refractivity contribution in [3.63, 3.8) is 0 Å². The van der Waals surface area contributed by atoms with Crippen molar-refractivity contribution in [1.82, 2.24) is 10.6 Å². The van der Waals surface area contributed by atoms with E-state index < -0.39 is 10.0 Å². The fraction of sp³-hybridized carbons (Fsp3) is 0.316.